The molecule has 0 aromatic heterocycles. The van der Waals surface area contributed by atoms with Crippen LogP contribution < -0.4 is 5.32 Å². The van der Waals surface area contributed by atoms with Gasteiger partial charge in [0, 0.05) is 30.4 Å². The minimum atomic E-state index is -1.26. The van der Waals surface area contributed by atoms with Crippen LogP contribution in [0.1, 0.15) is 26.2 Å². The van der Waals surface area contributed by atoms with E-state index in [1.54, 1.807) is 4.90 Å². The van der Waals surface area contributed by atoms with Gasteiger partial charge in [0.1, 0.15) is 5.75 Å². The van der Waals surface area contributed by atoms with Gasteiger partial charge in [0.25, 0.3) is 0 Å². The summed E-state index contributed by atoms with van der Waals surface area (Å²) in [6.45, 7) is 4.91. The molecule has 0 spiro atoms. The molecule has 0 aromatic carbocycles. The number of carbonyl (C=O) groups excluding carboxylic acids is 1. The van der Waals surface area contributed by atoms with Crippen LogP contribution in [0.25, 0.3) is 0 Å². The smallest absolute Gasteiger partial charge is 0.235 e. The van der Waals surface area contributed by atoms with Gasteiger partial charge in [0.15, 0.2) is 0 Å². The van der Waals surface area contributed by atoms with Gasteiger partial charge in [-0.25, -0.2) is 0 Å². The van der Waals surface area contributed by atoms with Crippen LogP contribution in [0.2, 0.25) is 0 Å². The van der Waals surface area contributed by atoms with Crippen LogP contribution in [0, 0.1) is 0 Å². The summed E-state index contributed by atoms with van der Waals surface area (Å²) in [6, 6.07) is 0. The Morgan fingerprint density at radius 2 is 2.11 bits per heavy atom. The van der Waals surface area contributed by atoms with Gasteiger partial charge in [-0.2, -0.15) is 0 Å². The molecule has 2 N–H and O–H groups in total. The van der Waals surface area contributed by atoms with E-state index in [0.717, 1.165) is 38.9 Å². The topological polar surface area (TPSA) is 69.6 Å². The van der Waals surface area contributed by atoms with E-state index in [2.05, 4.69) is 5.32 Å². The summed E-state index contributed by atoms with van der Waals surface area (Å²) in [5.41, 5.74) is 0. The van der Waals surface area contributed by atoms with Crippen molar-refractivity contribution < 1.29 is 14.1 Å². The molecule has 1 aliphatic rings. The molecule has 1 fully saturated rings. The zero-order valence-electron chi connectivity index (χ0n) is 11.1. The molecule has 2 atom stereocenters. The Morgan fingerprint density at radius 3 is 2.72 bits per heavy atom. The molecule has 0 saturated carbocycles. The third-order valence-corrected chi connectivity index (χ3v) is 4.25. The maximum absolute atomic E-state index is 11.7. The monoisotopic (exact) mass is 276 g/mol. The van der Waals surface area contributed by atoms with Gasteiger partial charge in [-0.1, -0.05) is 6.92 Å². The fourth-order valence-electron chi connectivity index (χ4n) is 1.97. The van der Waals surface area contributed by atoms with Crippen molar-refractivity contribution in [3.8, 4) is 0 Å². The fourth-order valence-corrected chi connectivity index (χ4v) is 3.10. The molecule has 1 saturated heterocycles. The molecule has 6 heteroatoms. The van der Waals surface area contributed by atoms with Crippen molar-refractivity contribution >= 4 is 16.7 Å². The summed E-state index contributed by atoms with van der Waals surface area (Å²) in [7, 11) is -1.26. The molecule has 0 radical (unpaired) electrons. The summed E-state index contributed by atoms with van der Waals surface area (Å²) in [5, 5.41) is 12.7. The van der Waals surface area contributed by atoms with E-state index < -0.39 is 16.9 Å². The second kappa shape index (κ2) is 8.61. The second-order valence-corrected chi connectivity index (χ2v) is 6.20. The number of nitrogens with zero attached hydrogens (tertiary/aromatic N) is 1. The van der Waals surface area contributed by atoms with Gasteiger partial charge in [-0.3, -0.25) is 9.00 Å². The van der Waals surface area contributed by atoms with Crippen LogP contribution in [0.4, 0.5) is 0 Å². The Bertz CT molecular complexity index is 280. The van der Waals surface area contributed by atoms with E-state index in [9.17, 15) is 14.1 Å². The van der Waals surface area contributed by atoms with E-state index in [1.165, 1.54) is 0 Å². The van der Waals surface area contributed by atoms with Gasteiger partial charge in [-0.15, -0.1) is 0 Å². The van der Waals surface area contributed by atoms with Crippen molar-refractivity contribution in [1.29, 1.82) is 0 Å². The van der Waals surface area contributed by atoms with Crippen LogP contribution in [0.5, 0.6) is 0 Å². The lowest BCUT2D eigenvalue weighted by Crippen LogP contribution is -2.36. The van der Waals surface area contributed by atoms with E-state index in [0.29, 0.717) is 6.54 Å². The molecule has 106 valence electrons. The highest BCUT2D eigenvalue weighted by Crippen LogP contribution is 2.07. The van der Waals surface area contributed by atoms with Gasteiger partial charge in [-0.05, 0) is 25.8 Å². The van der Waals surface area contributed by atoms with Crippen LogP contribution in [-0.4, -0.2) is 63.9 Å². The maximum Gasteiger partial charge on any atom is 0.235 e. The first kappa shape index (κ1) is 15.6. The fraction of sp³-hybridized carbons (Fsp3) is 0.917. The third-order valence-electron chi connectivity index (χ3n) is 2.93. The van der Waals surface area contributed by atoms with Gasteiger partial charge >= 0.3 is 0 Å². The molecule has 2 unspecified atom stereocenters. The molecule has 1 aliphatic heterocycles. The van der Waals surface area contributed by atoms with Crippen LogP contribution in [-0.2, 0) is 15.6 Å². The van der Waals surface area contributed by atoms with E-state index in [-0.39, 0.29) is 17.4 Å². The van der Waals surface area contributed by atoms with Crippen molar-refractivity contribution in [2.45, 2.75) is 32.3 Å². The standard InChI is InChI=1S/C12H24N2O3S/c1-2-5-13-8-11(15)9-18(17)10-12(16)14-6-3-4-7-14/h11,13,15H,2-10H2,1H3. The summed E-state index contributed by atoms with van der Waals surface area (Å²) < 4.78 is 11.7. The predicted molar refractivity (Wildman–Crippen MR) is 72.9 cm³/mol. The van der Waals surface area contributed by atoms with Crippen LogP contribution in [0.3, 0.4) is 0 Å². The van der Waals surface area contributed by atoms with Crippen molar-refractivity contribution in [3.63, 3.8) is 0 Å². The van der Waals surface area contributed by atoms with Crippen molar-refractivity contribution in [1.82, 2.24) is 10.2 Å². The molecule has 1 amide bonds. The zero-order chi connectivity index (χ0) is 13.4. The number of aliphatic hydroxyl groups excluding tert-OH is 1. The Balaban J connectivity index is 2.17. The van der Waals surface area contributed by atoms with Crippen molar-refractivity contribution in [2.24, 2.45) is 0 Å². The van der Waals surface area contributed by atoms with E-state index >= 15 is 0 Å². The average Bonchev–Trinajstić information content (AvgIpc) is 2.82. The quantitative estimate of drug-likeness (QED) is 0.598. The molecule has 5 nitrogen and oxygen atoms in total. The lowest BCUT2D eigenvalue weighted by atomic mass is 10.4. The summed E-state index contributed by atoms with van der Waals surface area (Å²) >= 11 is 0. The third kappa shape index (κ3) is 5.93. The highest BCUT2D eigenvalue weighted by Gasteiger charge is 2.20. The zero-order valence-corrected chi connectivity index (χ0v) is 11.9. The minimum Gasteiger partial charge on any atom is -0.391 e. The lowest BCUT2D eigenvalue weighted by Gasteiger charge is -2.16. The number of hydrogen-bond acceptors (Lipinski definition) is 4. The van der Waals surface area contributed by atoms with Crippen LogP contribution in [0.15, 0.2) is 0 Å². The number of hydrogen-bond donors (Lipinski definition) is 2. The maximum atomic E-state index is 11.7. The van der Waals surface area contributed by atoms with Gasteiger partial charge in [0.05, 0.1) is 11.9 Å². The van der Waals surface area contributed by atoms with Crippen LogP contribution >= 0.6 is 0 Å². The van der Waals surface area contributed by atoms with Gasteiger partial charge in [0.2, 0.25) is 5.91 Å². The first-order valence-corrected chi connectivity index (χ1v) is 8.13. The average molecular weight is 276 g/mol. The number of amides is 1. The number of likely N-dealkylation sites (tertiary alicyclic amines) is 1. The molecule has 1 heterocycles. The SMILES string of the molecule is CCCNCC(O)CS(=O)CC(=O)N1CCCC1. The lowest BCUT2D eigenvalue weighted by molar-refractivity contribution is -0.127. The summed E-state index contributed by atoms with van der Waals surface area (Å²) in [6.07, 6.45) is 2.46. The first-order chi connectivity index (χ1) is 8.63. The number of carbonyl (C=O) groups is 1. The largest absolute Gasteiger partial charge is 0.391 e. The van der Waals surface area contributed by atoms with Crippen molar-refractivity contribution in [2.75, 3.05) is 37.7 Å². The molecular weight excluding hydrogens is 252 g/mol. The minimum absolute atomic E-state index is 0.0421. The summed E-state index contributed by atoms with van der Waals surface area (Å²) in [4.78, 5) is 13.5. The number of rotatable bonds is 8. The molecule has 0 aromatic rings. The first-order valence-electron chi connectivity index (χ1n) is 6.65. The highest BCUT2D eigenvalue weighted by molar-refractivity contribution is 7.85. The molecule has 0 aliphatic carbocycles. The Labute approximate surface area is 111 Å². The predicted octanol–water partition coefficient (Wildman–Crippen LogP) is -0.282. The Morgan fingerprint density at radius 1 is 1.44 bits per heavy atom. The Kier molecular flexibility index (Phi) is 7.46. The van der Waals surface area contributed by atoms with E-state index in [1.807, 2.05) is 6.92 Å². The van der Waals surface area contributed by atoms with E-state index in [4.69, 9.17) is 0 Å². The molecule has 1 rings (SSSR count). The summed E-state index contributed by atoms with van der Waals surface area (Å²) in [5.74, 6) is 0.181. The number of nitrogens with one attached hydrogen (secondary N) is 1. The molecule has 0 bridgehead atoms. The number of aliphatic hydroxyl groups is 1. The van der Waals surface area contributed by atoms with Crippen molar-refractivity contribution in [3.05, 3.63) is 0 Å². The Hall–Kier alpha value is -0.460. The second-order valence-electron chi connectivity index (χ2n) is 4.70. The molecule has 18 heavy (non-hydrogen) atoms. The van der Waals surface area contributed by atoms with Gasteiger partial charge < -0.3 is 15.3 Å². The molecular formula is C12H24N2O3S. The normalized spacial score (nSPS) is 18.9. The highest BCUT2D eigenvalue weighted by atomic mass is 32.2.